The Kier molecular flexibility index (Phi) is 8.64. The van der Waals surface area contributed by atoms with Gasteiger partial charge in [-0.1, -0.05) is 6.92 Å². The quantitative estimate of drug-likeness (QED) is 0.418. The molecule has 0 radical (unpaired) electrons. The third-order valence-electron chi connectivity index (χ3n) is 4.81. The molecule has 0 amide bonds. The van der Waals surface area contributed by atoms with Gasteiger partial charge in [0.2, 0.25) is 0 Å². The molecule has 0 atom stereocenters. The Balaban J connectivity index is 1.55. The van der Waals surface area contributed by atoms with Gasteiger partial charge >= 0.3 is 0 Å². The van der Waals surface area contributed by atoms with Crippen LogP contribution in [0.15, 0.2) is 4.99 Å². The van der Waals surface area contributed by atoms with E-state index in [0.717, 1.165) is 29.8 Å². The van der Waals surface area contributed by atoms with Gasteiger partial charge in [-0.3, -0.25) is 4.99 Å². The third-order valence-corrected chi connectivity index (χ3v) is 5.88. The summed E-state index contributed by atoms with van der Waals surface area (Å²) in [4.78, 5) is 15.3. The van der Waals surface area contributed by atoms with Crippen LogP contribution >= 0.6 is 11.3 Å². The summed E-state index contributed by atoms with van der Waals surface area (Å²) >= 11 is 1.75. The fourth-order valence-corrected chi connectivity index (χ4v) is 3.86. The average Bonchev–Trinajstić information content (AvgIpc) is 2.95. The summed E-state index contributed by atoms with van der Waals surface area (Å²) in [5.41, 5.74) is 1.13. The summed E-state index contributed by atoms with van der Waals surface area (Å²) in [6.07, 6.45) is 2.41. The first-order chi connectivity index (χ1) is 12.1. The zero-order valence-electron chi connectivity index (χ0n) is 16.3. The molecule has 0 unspecified atom stereocenters. The molecule has 0 bridgehead atoms. The molecule has 1 aromatic heterocycles. The van der Waals surface area contributed by atoms with Crippen molar-refractivity contribution in [3.63, 3.8) is 0 Å². The molecule has 1 aromatic rings. The van der Waals surface area contributed by atoms with E-state index in [4.69, 9.17) is 0 Å². The highest BCUT2D eigenvalue weighted by molar-refractivity contribution is 7.11. The molecule has 0 spiro atoms. The number of aryl methyl sites for hydroxylation is 2. The predicted molar refractivity (Wildman–Crippen MR) is 108 cm³/mol. The number of unbranched alkanes of at least 4 members (excludes halogenated alkanes) is 1. The zero-order chi connectivity index (χ0) is 18.1. The second-order valence-corrected chi connectivity index (χ2v) is 7.87. The summed E-state index contributed by atoms with van der Waals surface area (Å²) in [6.45, 7) is 15.4. The lowest BCUT2D eigenvalue weighted by Gasteiger charge is -2.34. The van der Waals surface area contributed by atoms with E-state index < -0.39 is 0 Å². The van der Waals surface area contributed by atoms with Crippen molar-refractivity contribution in [2.24, 2.45) is 4.99 Å². The maximum absolute atomic E-state index is 4.55. The van der Waals surface area contributed by atoms with E-state index >= 15 is 0 Å². The average molecular weight is 367 g/mol. The minimum absolute atomic E-state index is 0.737. The highest BCUT2D eigenvalue weighted by atomic mass is 32.1. The van der Waals surface area contributed by atoms with Crippen molar-refractivity contribution in [1.82, 2.24) is 25.4 Å². The van der Waals surface area contributed by atoms with Gasteiger partial charge in [0.25, 0.3) is 0 Å². The number of aromatic nitrogens is 1. The van der Waals surface area contributed by atoms with Crippen molar-refractivity contribution in [2.45, 2.75) is 40.2 Å². The number of thiazole rings is 1. The van der Waals surface area contributed by atoms with Crippen LogP contribution in [0.1, 0.15) is 35.3 Å². The van der Waals surface area contributed by atoms with E-state index in [2.05, 4.69) is 51.2 Å². The monoisotopic (exact) mass is 366 g/mol. The van der Waals surface area contributed by atoms with Crippen LogP contribution in [-0.2, 0) is 6.54 Å². The van der Waals surface area contributed by atoms with E-state index in [1.165, 1.54) is 57.0 Å². The molecule has 2 N–H and O–H groups in total. The summed E-state index contributed by atoms with van der Waals surface area (Å²) in [6, 6.07) is 0. The molecule has 1 aliphatic rings. The lowest BCUT2D eigenvalue weighted by atomic mass is 10.2. The number of nitrogens with zero attached hydrogens (tertiary/aromatic N) is 4. The van der Waals surface area contributed by atoms with Crippen molar-refractivity contribution in [3.05, 3.63) is 15.6 Å². The molecule has 142 valence electrons. The highest BCUT2D eigenvalue weighted by Gasteiger charge is 2.14. The van der Waals surface area contributed by atoms with Gasteiger partial charge in [0.15, 0.2) is 5.96 Å². The van der Waals surface area contributed by atoms with E-state index in [9.17, 15) is 0 Å². The van der Waals surface area contributed by atoms with Crippen molar-refractivity contribution < 1.29 is 0 Å². The number of nitrogens with one attached hydrogen (secondary N) is 2. The number of aliphatic imine (C=N–C) groups is 1. The van der Waals surface area contributed by atoms with Gasteiger partial charge in [-0.05, 0) is 39.8 Å². The van der Waals surface area contributed by atoms with Crippen LogP contribution in [0.25, 0.3) is 0 Å². The maximum Gasteiger partial charge on any atom is 0.191 e. The van der Waals surface area contributed by atoms with Gasteiger partial charge in [0.05, 0.1) is 12.2 Å². The fourth-order valence-electron chi connectivity index (χ4n) is 2.99. The molecule has 7 heteroatoms. The van der Waals surface area contributed by atoms with E-state index in [0.29, 0.717) is 0 Å². The second kappa shape index (κ2) is 10.7. The van der Waals surface area contributed by atoms with Gasteiger partial charge in [-0.2, -0.15) is 0 Å². The normalized spacial score (nSPS) is 17.0. The Hall–Kier alpha value is -1.18. The minimum Gasteiger partial charge on any atom is -0.356 e. The first kappa shape index (κ1) is 20.1. The molecule has 1 fully saturated rings. The van der Waals surface area contributed by atoms with Crippen LogP contribution in [0.5, 0.6) is 0 Å². The summed E-state index contributed by atoms with van der Waals surface area (Å²) in [7, 11) is 1.82. The topological polar surface area (TPSA) is 55.8 Å². The number of guanidine groups is 1. The van der Waals surface area contributed by atoms with E-state index in [1.807, 2.05) is 7.05 Å². The molecular weight excluding hydrogens is 332 g/mol. The Bertz CT molecular complexity index is 514. The van der Waals surface area contributed by atoms with Gasteiger partial charge in [0.1, 0.15) is 5.01 Å². The molecule has 2 heterocycles. The van der Waals surface area contributed by atoms with Crippen molar-refractivity contribution >= 4 is 17.3 Å². The number of piperazine rings is 1. The Morgan fingerprint density at radius 3 is 2.44 bits per heavy atom. The number of rotatable bonds is 8. The SMILES string of the molecule is CCN1CCN(CCCCNC(=NC)NCc2nc(C)c(C)s2)CC1. The standard InChI is InChI=1S/C18H34N6S/c1-5-23-10-12-24(13-11-23)9-7-6-8-20-18(19-4)21-14-17-22-15(2)16(3)25-17/h5-14H2,1-4H3,(H2,19,20,21). The van der Waals surface area contributed by atoms with Crippen molar-refractivity contribution in [3.8, 4) is 0 Å². The maximum atomic E-state index is 4.55. The number of likely N-dealkylation sites (N-methyl/N-ethyl adjacent to an activating group) is 1. The number of hydrogen-bond donors (Lipinski definition) is 2. The summed E-state index contributed by atoms with van der Waals surface area (Å²) in [5.74, 6) is 0.863. The molecule has 6 nitrogen and oxygen atoms in total. The second-order valence-electron chi connectivity index (χ2n) is 6.58. The minimum atomic E-state index is 0.737. The van der Waals surface area contributed by atoms with Gasteiger partial charge < -0.3 is 20.4 Å². The molecule has 0 aromatic carbocycles. The first-order valence-electron chi connectivity index (χ1n) is 9.44. The summed E-state index contributed by atoms with van der Waals surface area (Å²) in [5, 5.41) is 7.87. The van der Waals surface area contributed by atoms with E-state index in [-0.39, 0.29) is 0 Å². The van der Waals surface area contributed by atoms with Crippen LogP contribution in [0.3, 0.4) is 0 Å². The van der Waals surface area contributed by atoms with Crippen LogP contribution in [0.4, 0.5) is 0 Å². The first-order valence-corrected chi connectivity index (χ1v) is 10.3. The van der Waals surface area contributed by atoms with Crippen LogP contribution < -0.4 is 10.6 Å². The molecule has 1 saturated heterocycles. The van der Waals surface area contributed by atoms with Gasteiger partial charge in [0, 0.05) is 44.6 Å². The van der Waals surface area contributed by atoms with Gasteiger partial charge in [-0.25, -0.2) is 4.98 Å². The van der Waals surface area contributed by atoms with E-state index in [1.54, 1.807) is 11.3 Å². The van der Waals surface area contributed by atoms with Crippen molar-refractivity contribution in [2.75, 3.05) is 52.9 Å². The molecule has 25 heavy (non-hydrogen) atoms. The third kappa shape index (κ3) is 6.92. The zero-order valence-corrected chi connectivity index (χ0v) is 17.1. The fraction of sp³-hybridized carbons (Fsp3) is 0.778. The molecule has 0 aliphatic carbocycles. The highest BCUT2D eigenvalue weighted by Crippen LogP contribution is 2.15. The molecule has 2 rings (SSSR count). The molecular formula is C18H34N6S. The lowest BCUT2D eigenvalue weighted by Crippen LogP contribution is -2.46. The van der Waals surface area contributed by atoms with Gasteiger partial charge in [-0.15, -0.1) is 11.3 Å². The Morgan fingerprint density at radius 1 is 1.12 bits per heavy atom. The molecule has 0 saturated carbocycles. The predicted octanol–water partition coefficient (Wildman–Crippen LogP) is 1.84. The van der Waals surface area contributed by atoms with Crippen LogP contribution in [0, 0.1) is 13.8 Å². The van der Waals surface area contributed by atoms with Crippen LogP contribution in [-0.4, -0.2) is 73.6 Å². The van der Waals surface area contributed by atoms with Crippen molar-refractivity contribution in [1.29, 1.82) is 0 Å². The van der Waals surface area contributed by atoms with Crippen LogP contribution in [0.2, 0.25) is 0 Å². The smallest absolute Gasteiger partial charge is 0.191 e. The largest absolute Gasteiger partial charge is 0.356 e. The lowest BCUT2D eigenvalue weighted by molar-refractivity contribution is 0.136. The summed E-state index contributed by atoms with van der Waals surface area (Å²) < 4.78 is 0. The Labute approximate surface area is 156 Å². The molecule has 1 aliphatic heterocycles. The number of hydrogen-bond acceptors (Lipinski definition) is 5. The Morgan fingerprint density at radius 2 is 1.84 bits per heavy atom.